The van der Waals surface area contributed by atoms with Crippen molar-refractivity contribution in [3.8, 4) is 22.9 Å². The topological polar surface area (TPSA) is 260 Å². The van der Waals surface area contributed by atoms with Gasteiger partial charge in [-0.15, -0.1) is 10.2 Å². The lowest BCUT2D eigenvalue weighted by atomic mass is 10.2. The molecule has 0 aliphatic carbocycles. The molecule has 20 heteroatoms. The minimum absolute atomic E-state index is 0.00228. The van der Waals surface area contributed by atoms with E-state index < -0.39 is 16.4 Å². The van der Waals surface area contributed by atoms with Gasteiger partial charge in [-0.05, 0) is 35.9 Å². The van der Waals surface area contributed by atoms with Gasteiger partial charge >= 0.3 is 5.69 Å². The molecule has 0 unspecified atom stereocenters. The van der Waals surface area contributed by atoms with Crippen LogP contribution in [0, 0.1) is 15.9 Å². The maximum atomic E-state index is 13.5. The maximum Gasteiger partial charge on any atom is 0.305 e. The van der Waals surface area contributed by atoms with E-state index in [0.717, 1.165) is 17.8 Å². The monoisotopic (exact) mass is 649 g/mol. The van der Waals surface area contributed by atoms with Crippen molar-refractivity contribution < 1.29 is 18.1 Å². The molecule has 0 amide bonds. The molecule has 8 aromatic rings. The molecule has 0 bridgehead atoms. The number of nitrogens with two attached hydrogens (primary N) is 2. The number of rotatable bonds is 7. The minimum Gasteiger partial charge on any atom is -0.463 e. The Hall–Kier alpha value is -7.25. The zero-order valence-corrected chi connectivity index (χ0v) is 24.3. The molecule has 7 aromatic heterocycles. The second-order valence-corrected chi connectivity index (χ2v) is 9.89. The van der Waals surface area contributed by atoms with Crippen LogP contribution in [-0.2, 0) is 13.1 Å². The first-order chi connectivity index (χ1) is 23.3. The van der Waals surface area contributed by atoms with Gasteiger partial charge in [0.15, 0.2) is 33.8 Å². The number of nitrogen functional groups attached to an aromatic ring is 2. The highest BCUT2D eigenvalue weighted by Crippen LogP contribution is 2.27. The highest BCUT2D eigenvalue weighted by molar-refractivity contribution is 5.86. The van der Waals surface area contributed by atoms with Gasteiger partial charge in [-0.2, -0.15) is 14.4 Å². The van der Waals surface area contributed by atoms with Gasteiger partial charge in [-0.1, -0.05) is 16.5 Å². The van der Waals surface area contributed by atoms with Gasteiger partial charge in [-0.25, -0.2) is 19.3 Å². The molecule has 0 atom stereocenters. The van der Waals surface area contributed by atoms with Crippen LogP contribution in [0.15, 0.2) is 82.4 Å². The number of furan rings is 2. The second kappa shape index (κ2) is 12.3. The number of nitrogens with zero attached hydrogens (tertiary/aromatic N) is 13. The number of hydrogen-bond donors (Lipinski definition) is 2. The highest BCUT2D eigenvalue weighted by Gasteiger charge is 2.20. The molecular formula is C28H20FN15O4. The summed E-state index contributed by atoms with van der Waals surface area (Å²) >= 11 is 0. The third-order valence-corrected chi connectivity index (χ3v) is 6.74. The molecule has 7 heterocycles. The van der Waals surface area contributed by atoms with E-state index in [0.29, 0.717) is 57.3 Å². The van der Waals surface area contributed by atoms with E-state index in [-0.39, 0.29) is 18.4 Å². The van der Waals surface area contributed by atoms with E-state index in [2.05, 4.69) is 50.5 Å². The molecular weight excluding hydrogens is 629 g/mol. The minimum atomic E-state index is -0.908. The van der Waals surface area contributed by atoms with Crippen molar-refractivity contribution in [3.05, 3.63) is 101 Å². The van der Waals surface area contributed by atoms with E-state index in [1.807, 2.05) is 0 Å². The molecule has 48 heavy (non-hydrogen) atoms. The lowest BCUT2D eigenvalue weighted by Gasteiger charge is -2.04. The van der Waals surface area contributed by atoms with Gasteiger partial charge in [0.25, 0.3) is 0 Å². The number of aromatic nitrogens is 12. The zero-order chi connectivity index (χ0) is 33.2. The summed E-state index contributed by atoms with van der Waals surface area (Å²) in [5.41, 5.74) is 14.8. The van der Waals surface area contributed by atoms with Crippen molar-refractivity contribution in [1.29, 1.82) is 0 Å². The smallest absolute Gasteiger partial charge is 0.305 e. The summed E-state index contributed by atoms with van der Waals surface area (Å²) in [7, 11) is 0. The summed E-state index contributed by atoms with van der Waals surface area (Å²) in [5.74, 6) is 0.229. The van der Waals surface area contributed by atoms with Crippen molar-refractivity contribution in [1.82, 2.24) is 59.9 Å². The first-order valence-electron chi connectivity index (χ1n) is 13.8. The zero-order valence-electron chi connectivity index (χ0n) is 24.3. The Labute approximate surface area is 266 Å². The summed E-state index contributed by atoms with van der Waals surface area (Å²) in [6.45, 7) is 0.476. The molecule has 0 aliphatic rings. The fraction of sp³-hybridized carbons (Fsp3) is 0.0714. The lowest BCUT2D eigenvalue weighted by Crippen LogP contribution is -2.06. The number of nitro benzene ring substituents is 1. The van der Waals surface area contributed by atoms with Gasteiger partial charge in [-0.3, -0.25) is 20.1 Å². The number of anilines is 2. The summed E-state index contributed by atoms with van der Waals surface area (Å²) in [6.07, 6.45) is 7.93. The number of fused-ring (bicyclic) bond motifs is 2. The van der Waals surface area contributed by atoms with Crippen molar-refractivity contribution >= 4 is 39.9 Å². The predicted octanol–water partition coefficient (Wildman–Crippen LogP) is 3.06. The lowest BCUT2D eigenvalue weighted by molar-refractivity contribution is -0.387. The van der Waals surface area contributed by atoms with Crippen LogP contribution in [0.1, 0.15) is 11.3 Å². The molecule has 1 aromatic carbocycles. The SMILES string of the molecule is Nc1nc(-c2ccco2)c2nnn(Cc3ccc(F)c([N+](=O)[O-])c3)c2n1.Nc1nc(-c2ccco2)c2nnn(Cc3cnccn3)c2n1. The Morgan fingerprint density at radius 3 is 1.94 bits per heavy atom. The largest absolute Gasteiger partial charge is 0.463 e. The van der Waals surface area contributed by atoms with Crippen LogP contribution in [0.25, 0.3) is 45.2 Å². The quantitative estimate of drug-likeness (QED) is 0.185. The van der Waals surface area contributed by atoms with Crippen LogP contribution in [0.5, 0.6) is 0 Å². The van der Waals surface area contributed by atoms with Crippen LogP contribution >= 0.6 is 0 Å². The highest BCUT2D eigenvalue weighted by atomic mass is 19.1. The van der Waals surface area contributed by atoms with Gasteiger partial charge in [0.05, 0.1) is 42.4 Å². The predicted molar refractivity (Wildman–Crippen MR) is 164 cm³/mol. The van der Waals surface area contributed by atoms with Crippen molar-refractivity contribution in [2.45, 2.75) is 13.1 Å². The van der Waals surface area contributed by atoms with Crippen LogP contribution in [0.2, 0.25) is 0 Å². The molecule has 0 saturated heterocycles. The molecule has 0 saturated carbocycles. The average Bonchev–Trinajstić information content (AvgIpc) is 3.91. The molecule has 0 radical (unpaired) electrons. The first-order valence-corrected chi connectivity index (χ1v) is 13.8. The number of halogens is 1. The number of nitro groups is 1. The molecule has 0 spiro atoms. The third-order valence-electron chi connectivity index (χ3n) is 6.74. The van der Waals surface area contributed by atoms with Gasteiger partial charge < -0.3 is 20.3 Å². The van der Waals surface area contributed by atoms with E-state index >= 15 is 0 Å². The van der Waals surface area contributed by atoms with Crippen molar-refractivity contribution in [2.24, 2.45) is 0 Å². The molecule has 8 rings (SSSR count). The van der Waals surface area contributed by atoms with Crippen LogP contribution in [-0.4, -0.2) is 64.8 Å². The first kappa shape index (κ1) is 29.5. The van der Waals surface area contributed by atoms with E-state index in [9.17, 15) is 14.5 Å². The van der Waals surface area contributed by atoms with Crippen LogP contribution < -0.4 is 11.5 Å². The Morgan fingerprint density at radius 1 is 0.812 bits per heavy atom. The summed E-state index contributed by atoms with van der Waals surface area (Å²) < 4.78 is 27.2. The van der Waals surface area contributed by atoms with Crippen LogP contribution in [0.4, 0.5) is 22.0 Å². The van der Waals surface area contributed by atoms with Gasteiger partial charge in [0, 0.05) is 18.5 Å². The molecule has 238 valence electrons. The molecule has 0 aliphatic heterocycles. The van der Waals surface area contributed by atoms with Crippen molar-refractivity contribution in [2.75, 3.05) is 11.5 Å². The summed E-state index contributed by atoms with van der Waals surface area (Å²) in [6, 6.07) is 10.5. The summed E-state index contributed by atoms with van der Waals surface area (Å²) in [4.78, 5) is 35.0. The van der Waals surface area contributed by atoms with E-state index in [1.54, 1.807) is 53.8 Å². The van der Waals surface area contributed by atoms with Gasteiger partial charge in [0.2, 0.25) is 17.7 Å². The normalized spacial score (nSPS) is 11.1. The number of hydrogen-bond acceptors (Lipinski definition) is 16. The number of benzene rings is 1. The third kappa shape index (κ3) is 5.78. The van der Waals surface area contributed by atoms with E-state index in [4.69, 9.17) is 20.3 Å². The molecule has 19 nitrogen and oxygen atoms in total. The molecule has 0 fully saturated rings. The van der Waals surface area contributed by atoms with Crippen LogP contribution in [0.3, 0.4) is 0 Å². The Bertz CT molecular complexity index is 2380. The van der Waals surface area contributed by atoms with Gasteiger partial charge in [0.1, 0.15) is 11.4 Å². The Balaban J connectivity index is 0.000000154. The van der Waals surface area contributed by atoms with Crippen molar-refractivity contribution in [3.63, 3.8) is 0 Å². The summed E-state index contributed by atoms with van der Waals surface area (Å²) in [5, 5.41) is 27.2. The maximum absolute atomic E-state index is 13.5. The Morgan fingerprint density at radius 2 is 1.42 bits per heavy atom. The standard InChI is InChI=1S/C15H10FN7O3.C13H10N8O/c16-9-4-3-8(6-10(9)23(24)25)7-22-14-13(20-21-22)12(18-15(17)19-14)11-2-1-5-26-11;14-13-17-10(9-2-1-5-22-9)11-12(18-13)21(20-19-11)7-8-6-15-3-4-16-8/h1-6H,7H2,(H2,17,18,19);1-6H,7H2,(H2,14,17,18). The second-order valence-electron chi connectivity index (χ2n) is 9.89. The molecule has 4 N–H and O–H groups in total. The average molecular weight is 650 g/mol. The fourth-order valence-electron chi connectivity index (χ4n) is 4.66. The van der Waals surface area contributed by atoms with E-state index in [1.165, 1.54) is 17.0 Å². The fourth-order valence-corrected chi connectivity index (χ4v) is 4.66. The Kier molecular flexibility index (Phi) is 7.53.